The Kier molecular flexibility index (Phi) is 6.15. The van der Waals surface area contributed by atoms with Crippen molar-refractivity contribution in [3.05, 3.63) is 75.3 Å². The molecule has 0 spiro atoms. The minimum atomic E-state index is -0.284. The van der Waals surface area contributed by atoms with Crippen LogP contribution in [0.3, 0.4) is 0 Å². The third-order valence-corrected chi connectivity index (χ3v) is 4.84. The minimum Gasteiger partial charge on any atom is -0.348 e. The number of aromatic nitrogens is 2. The number of amides is 1. The average Bonchev–Trinajstić information content (AvgIpc) is 2.64. The topological polar surface area (TPSA) is 64.0 Å². The van der Waals surface area contributed by atoms with Gasteiger partial charge in [0, 0.05) is 5.02 Å². The Balaban J connectivity index is 1.69. The monoisotopic (exact) mass is 397 g/mol. The zero-order valence-corrected chi connectivity index (χ0v) is 17.0. The molecule has 0 aliphatic carbocycles. The molecule has 1 aromatic heterocycles. The van der Waals surface area contributed by atoms with Crippen LogP contribution in [0, 0.1) is 5.92 Å². The van der Waals surface area contributed by atoms with Crippen molar-refractivity contribution in [2.75, 3.05) is 0 Å². The van der Waals surface area contributed by atoms with E-state index in [0.717, 1.165) is 12.0 Å². The first-order valence-corrected chi connectivity index (χ1v) is 9.74. The summed E-state index contributed by atoms with van der Waals surface area (Å²) in [6, 6.07) is 13.1. The zero-order valence-electron chi connectivity index (χ0n) is 16.3. The van der Waals surface area contributed by atoms with E-state index < -0.39 is 0 Å². The molecule has 28 heavy (non-hydrogen) atoms. The lowest BCUT2D eigenvalue weighted by Gasteiger charge is -2.16. The van der Waals surface area contributed by atoms with Gasteiger partial charge in [-0.15, -0.1) is 0 Å². The summed E-state index contributed by atoms with van der Waals surface area (Å²) in [5.74, 6) is 0.357. The van der Waals surface area contributed by atoms with Crippen LogP contribution < -0.4 is 10.9 Å². The molecule has 3 aromatic rings. The molecule has 6 heteroatoms. The van der Waals surface area contributed by atoms with Crippen molar-refractivity contribution in [3.63, 3.8) is 0 Å². The van der Waals surface area contributed by atoms with Gasteiger partial charge >= 0.3 is 0 Å². The summed E-state index contributed by atoms with van der Waals surface area (Å²) < 4.78 is 1.30. The quantitative estimate of drug-likeness (QED) is 0.680. The van der Waals surface area contributed by atoms with Crippen LogP contribution in [0.5, 0.6) is 0 Å². The van der Waals surface area contributed by atoms with Crippen LogP contribution in [-0.4, -0.2) is 15.5 Å². The summed E-state index contributed by atoms with van der Waals surface area (Å²) in [6.07, 6.45) is 2.42. The molecular weight excluding hydrogens is 374 g/mol. The van der Waals surface area contributed by atoms with E-state index in [1.807, 2.05) is 19.1 Å². The number of carbonyl (C=O) groups excluding carboxylic acids is 1. The number of halogens is 1. The smallest absolute Gasteiger partial charge is 0.261 e. The molecule has 0 aliphatic rings. The molecule has 1 atom stereocenters. The number of carbonyl (C=O) groups is 1. The fourth-order valence-electron chi connectivity index (χ4n) is 3.18. The molecule has 0 radical (unpaired) electrons. The molecular formula is C22H24ClN3O2. The summed E-state index contributed by atoms with van der Waals surface area (Å²) in [7, 11) is 0. The van der Waals surface area contributed by atoms with Crippen LogP contribution in [0.25, 0.3) is 10.9 Å². The van der Waals surface area contributed by atoms with Crippen LogP contribution >= 0.6 is 11.6 Å². The van der Waals surface area contributed by atoms with E-state index in [-0.39, 0.29) is 24.1 Å². The number of hydrogen-bond acceptors (Lipinski definition) is 3. The lowest BCUT2D eigenvalue weighted by atomic mass is 10.00. The van der Waals surface area contributed by atoms with Crippen molar-refractivity contribution in [1.82, 2.24) is 14.9 Å². The van der Waals surface area contributed by atoms with E-state index in [1.54, 1.807) is 18.2 Å². The summed E-state index contributed by atoms with van der Waals surface area (Å²) in [6.45, 7) is 6.21. The van der Waals surface area contributed by atoms with Gasteiger partial charge in [0.25, 0.3) is 5.56 Å². The second-order valence-corrected chi connectivity index (χ2v) is 7.90. The van der Waals surface area contributed by atoms with Crippen LogP contribution in [-0.2, 0) is 17.8 Å². The Morgan fingerprint density at radius 3 is 2.54 bits per heavy atom. The van der Waals surface area contributed by atoms with Crippen LogP contribution in [0.4, 0.5) is 0 Å². The third kappa shape index (κ3) is 4.78. The molecule has 2 aromatic carbocycles. The van der Waals surface area contributed by atoms with Crippen LogP contribution in [0.15, 0.2) is 53.6 Å². The normalized spacial score (nSPS) is 12.3. The Bertz CT molecular complexity index is 1040. The highest BCUT2D eigenvalue weighted by atomic mass is 35.5. The predicted octanol–water partition coefficient (Wildman–Crippen LogP) is 4.13. The largest absolute Gasteiger partial charge is 0.348 e. The van der Waals surface area contributed by atoms with Crippen LogP contribution in [0.2, 0.25) is 5.02 Å². The summed E-state index contributed by atoms with van der Waals surface area (Å²) in [5, 5.41) is 3.80. The van der Waals surface area contributed by atoms with Gasteiger partial charge in [0.15, 0.2) is 0 Å². The maximum atomic E-state index is 12.6. The summed E-state index contributed by atoms with van der Waals surface area (Å²) in [5.41, 5.74) is 2.58. The van der Waals surface area contributed by atoms with Gasteiger partial charge in [0.1, 0.15) is 6.54 Å². The Labute approximate surface area is 169 Å². The summed E-state index contributed by atoms with van der Waals surface area (Å²) >= 11 is 5.97. The number of benzene rings is 2. The van der Waals surface area contributed by atoms with E-state index in [9.17, 15) is 9.59 Å². The lowest BCUT2D eigenvalue weighted by molar-refractivity contribution is -0.122. The van der Waals surface area contributed by atoms with Gasteiger partial charge < -0.3 is 5.32 Å². The van der Waals surface area contributed by atoms with Gasteiger partial charge in [-0.05, 0) is 48.6 Å². The van der Waals surface area contributed by atoms with Gasteiger partial charge in [0.05, 0.1) is 23.3 Å². The third-order valence-electron chi connectivity index (χ3n) is 4.60. The molecule has 1 heterocycles. The molecule has 0 bridgehead atoms. The maximum Gasteiger partial charge on any atom is 0.261 e. The SMILES string of the molecule is CC(C)Cc1ccc([C@@H](C)NC(=O)Cn2cnc3ccc(Cl)cc3c2=O)cc1. The van der Waals surface area contributed by atoms with E-state index in [4.69, 9.17) is 11.6 Å². The predicted molar refractivity (Wildman–Crippen MR) is 113 cm³/mol. The molecule has 0 unspecified atom stereocenters. The Morgan fingerprint density at radius 2 is 1.86 bits per heavy atom. The highest BCUT2D eigenvalue weighted by molar-refractivity contribution is 6.31. The number of nitrogens with zero attached hydrogens (tertiary/aromatic N) is 2. The first kappa shape index (κ1) is 20.1. The number of rotatable bonds is 6. The summed E-state index contributed by atoms with van der Waals surface area (Å²) in [4.78, 5) is 29.3. The van der Waals surface area contributed by atoms with E-state index in [1.165, 1.54) is 16.5 Å². The van der Waals surface area contributed by atoms with Crippen molar-refractivity contribution in [1.29, 1.82) is 0 Å². The standard InChI is InChI=1S/C22H24ClN3O2/c1-14(2)10-16-4-6-17(7-5-16)15(3)25-21(27)12-26-13-24-20-9-8-18(23)11-19(20)22(26)28/h4-9,11,13-15H,10,12H2,1-3H3,(H,25,27)/t15-/m1/s1. The van der Waals surface area contributed by atoms with Crippen molar-refractivity contribution in [2.24, 2.45) is 5.92 Å². The molecule has 5 nitrogen and oxygen atoms in total. The van der Waals surface area contributed by atoms with Gasteiger partial charge in [-0.3, -0.25) is 14.2 Å². The van der Waals surface area contributed by atoms with Gasteiger partial charge in [-0.1, -0.05) is 49.7 Å². The van der Waals surface area contributed by atoms with Crippen molar-refractivity contribution >= 4 is 28.4 Å². The van der Waals surface area contributed by atoms with E-state index in [0.29, 0.717) is 21.8 Å². The van der Waals surface area contributed by atoms with Gasteiger partial charge in [-0.25, -0.2) is 4.98 Å². The van der Waals surface area contributed by atoms with Crippen molar-refractivity contribution < 1.29 is 4.79 Å². The molecule has 0 fully saturated rings. The minimum absolute atomic E-state index is 0.0932. The number of hydrogen-bond donors (Lipinski definition) is 1. The van der Waals surface area contributed by atoms with E-state index >= 15 is 0 Å². The van der Waals surface area contributed by atoms with E-state index in [2.05, 4.69) is 36.3 Å². The lowest BCUT2D eigenvalue weighted by Crippen LogP contribution is -2.34. The highest BCUT2D eigenvalue weighted by Gasteiger charge is 2.12. The molecule has 0 aliphatic heterocycles. The maximum absolute atomic E-state index is 12.6. The molecule has 146 valence electrons. The first-order chi connectivity index (χ1) is 13.3. The zero-order chi connectivity index (χ0) is 20.3. The number of fused-ring (bicyclic) bond motifs is 1. The molecule has 0 saturated heterocycles. The highest BCUT2D eigenvalue weighted by Crippen LogP contribution is 2.16. The molecule has 1 N–H and O–H groups in total. The van der Waals surface area contributed by atoms with Gasteiger partial charge in [0.2, 0.25) is 5.91 Å². The molecule has 1 amide bonds. The second kappa shape index (κ2) is 8.57. The van der Waals surface area contributed by atoms with Gasteiger partial charge in [-0.2, -0.15) is 0 Å². The van der Waals surface area contributed by atoms with Crippen LogP contribution in [0.1, 0.15) is 37.9 Å². The first-order valence-electron chi connectivity index (χ1n) is 9.36. The van der Waals surface area contributed by atoms with Crippen molar-refractivity contribution in [3.8, 4) is 0 Å². The number of nitrogens with one attached hydrogen (secondary N) is 1. The molecule has 3 rings (SSSR count). The Hall–Kier alpha value is -2.66. The molecule has 0 saturated carbocycles. The van der Waals surface area contributed by atoms with Crippen molar-refractivity contribution in [2.45, 2.75) is 39.8 Å². The average molecular weight is 398 g/mol. The fourth-order valence-corrected chi connectivity index (χ4v) is 3.35. The fraction of sp³-hybridized carbons (Fsp3) is 0.318. The Morgan fingerprint density at radius 1 is 1.14 bits per heavy atom. The second-order valence-electron chi connectivity index (χ2n) is 7.47.